The number of halogens is 1. The number of hydrogen-bond donors (Lipinski definition) is 2. The lowest BCUT2D eigenvalue weighted by molar-refractivity contribution is 0.483. The molecule has 3 N–H and O–H groups in total. The maximum absolute atomic E-state index is 10.6. The largest absolute Gasteiger partial charge is 0.383 e. The van der Waals surface area contributed by atoms with E-state index < -0.39 is 15.0 Å². The molecule has 12 heavy (non-hydrogen) atoms. The van der Waals surface area contributed by atoms with Crippen LogP contribution in [0.4, 0.5) is 5.82 Å². The molecule has 66 valence electrons. The van der Waals surface area contributed by atoms with E-state index in [-0.39, 0.29) is 5.82 Å². The summed E-state index contributed by atoms with van der Waals surface area (Å²) in [7, 11) is -4.27. The number of hydrogen-bond acceptors (Lipinski definition) is 4. The quantitative estimate of drug-likeness (QED) is 0.717. The Balaban J connectivity index is 3.43. The molecular weight excluding hydrogens is 248 g/mol. The predicted octanol–water partition coefficient (Wildman–Crippen LogP) is 0.673. The first-order valence-electron chi connectivity index (χ1n) is 2.80. The summed E-state index contributed by atoms with van der Waals surface area (Å²) in [5.74, 6) is -0.222. The van der Waals surface area contributed by atoms with Gasteiger partial charge in [0.25, 0.3) is 10.1 Å². The molecular formula is C5H5BrN2O3S. The molecule has 0 radical (unpaired) electrons. The first kappa shape index (κ1) is 9.43. The maximum atomic E-state index is 10.6. The highest BCUT2D eigenvalue weighted by Crippen LogP contribution is 2.19. The number of aromatic nitrogens is 1. The Morgan fingerprint density at radius 1 is 1.58 bits per heavy atom. The average Bonchev–Trinajstić information content (AvgIpc) is 1.92. The molecule has 0 aliphatic heterocycles. The van der Waals surface area contributed by atoms with Gasteiger partial charge >= 0.3 is 0 Å². The zero-order valence-electron chi connectivity index (χ0n) is 5.73. The average molecular weight is 253 g/mol. The van der Waals surface area contributed by atoms with Gasteiger partial charge in [-0.3, -0.25) is 4.55 Å². The first-order chi connectivity index (χ1) is 5.41. The molecule has 0 bridgehead atoms. The fourth-order valence-corrected chi connectivity index (χ4v) is 1.71. The Bertz CT molecular complexity index is 403. The number of rotatable bonds is 1. The van der Waals surface area contributed by atoms with Crippen LogP contribution in [-0.4, -0.2) is 18.0 Å². The van der Waals surface area contributed by atoms with Crippen molar-refractivity contribution in [1.29, 1.82) is 0 Å². The Morgan fingerprint density at radius 3 is 2.58 bits per heavy atom. The summed E-state index contributed by atoms with van der Waals surface area (Å²) in [5.41, 5.74) is 5.20. The molecule has 0 spiro atoms. The third-order valence-electron chi connectivity index (χ3n) is 1.13. The van der Waals surface area contributed by atoms with Crippen LogP contribution in [0.15, 0.2) is 21.6 Å². The minimum atomic E-state index is -4.27. The highest BCUT2D eigenvalue weighted by atomic mass is 79.9. The lowest BCUT2D eigenvalue weighted by atomic mass is 10.5. The van der Waals surface area contributed by atoms with Gasteiger partial charge < -0.3 is 5.73 Å². The summed E-state index contributed by atoms with van der Waals surface area (Å²) < 4.78 is 30.3. The van der Waals surface area contributed by atoms with Crippen molar-refractivity contribution in [2.75, 3.05) is 5.73 Å². The molecule has 0 aliphatic rings. The number of nitrogens with zero attached hydrogens (tertiary/aromatic N) is 1. The minimum Gasteiger partial charge on any atom is -0.383 e. The molecule has 1 aromatic rings. The van der Waals surface area contributed by atoms with Crippen LogP contribution in [0.3, 0.4) is 0 Å². The molecule has 5 nitrogen and oxygen atoms in total. The second-order valence-corrected chi connectivity index (χ2v) is 4.32. The van der Waals surface area contributed by atoms with Crippen LogP contribution in [0.5, 0.6) is 0 Å². The molecule has 0 atom stereocenters. The summed E-state index contributed by atoms with van der Waals surface area (Å²) >= 11 is 3.00. The standard InChI is InChI=1S/C5H5BrN2O3S/c6-3-1-4(12(9,10)11)5(7)8-2-3/h1-2H,(H2,7,8)(H,9,10,11). The van der Waals surface area contributed by atoms with E-state index in [1.807, 2.05) is 0 Å². The topological polar surface area (TPSA) is 93.3 Å². The van der Waals surface area contributed by atoms with Crippen molar-refractivity contribution in [1.82, 2.24) is 4.98 Å². The third-order valence-corrected chi connectivity index (χ3v) is 2.44. The van der Waals surface area contributed by atoms with Crippen molar-refractivity contribution in [2.24, 2.45) is 0 Å². The second-order valence-electron chi connectivity index (χ2n) is 2.01. The SMILES string of the molecule is Nc1ncc(Br)cc1S(=O)(=O)O. The van der Waals surface area contributed by atoms with Gasteiger partial charge in [-0.1, -0.05) is 0 Å². The smallest absolute Gasteiger partial charge is 0.298 e. The summed E-state index contributed by atoms with van der Waals surface area (Å²) in [6.45, 7) is 0. The fourth-order valence-electron chi connectivity index (χ4n) is 0.638. The van der Waals surface area contributed by atoms with Crippen molar-refractivity contribution in [3.63, 3.8) is 0 Å². The van der Waals surface area contributed by atoms with Gasteiger partial charge in [0, 0.05) is 10.7 Å². The van der Waals surface area contributed by atoms with E-state index in [4.69, 9.17) is 10.3 Å². The lowest BCUT2D eigenvalue weighted by Gasteiger charge is -2.00. The van der Waals surface area contributed by atoms with Crippen LogP contribution in [0, 0.1) is 0 Å². The molecule has 1 rings (SSSR count). The van der Waals surface area contributed by atoms with Gasteiger partial charge in [-0.25, -0.2) is 4.98 Å². The van der Waals surface area contributed by atoms with E-state index in [2.05, 4.69) is 20.9 Å². The number of pyridine rings is 1. The molecule has 0 aliphatic carbocycles. The van der Waals surface area contributed by atoms with E-state index in [0.29, 0.717) is 4.47 Å². The predicted molar refractivity (Wildman–Crippen MR) is 46.2 cm³/mol. The van der Waals surface area contributed by atoms with E-state index in [1.54, 1.807) is 0 Å². The van der Waals surface area contributed by atoms with Gasteiger partial charge in [-0.05, 0) is 22.0 Å². The summed E-state index contributed by atoms with van der Waals surface area (Å²) in [6.07, 6.45) is 1.34. The van der Waals surface area contributed by atoms with E-state index in [0.717, 1.165) is 0 Å². The Hall–Kier alpha value is -0.660. The van der Waals surface area contributed by atoms with Crippen LogP contribution in [0.2, 0.25) is 0 Å². The van der Waals surface area contributed by atoms with Gasteiger partial charge in [0.15, 0.2) is 0 Å². The molecule has 1 aromatic heterocycles. The number of nitrogens with two attached hydrogens (primary N) is 1. The minimum absolute atomic E-state index is 0.222. The highest BCUT2D eigenvalue weighted by molar-refractivity contribution is 9.10. The van der Waals surface area contributed by atoms with Gasteiger partial charge in [0.05, 0.1) is 0 Å². The van der Waals surface area contributed by atoms with Gasteiger partial charge in [-0.15, -0.1) is 0 Å². The molecule has 0 fully saturated rings. The van der Waals surface area contributed by atoms with E-state index in [9.17, 15) is 8.42 Å². The number of nitrogen functional groups attached to an aromatic ring is 1. The van der Waals surface area contributed by atoms with Crippen molar-refractivity contribution < 1.29 is 13.0 Å². The fraction of sp³-hybridized carbons (Fsp3) is 0. The molecule has 7 heteroatoms. The van der Waals surface area contributed by atoms with Crippen LogP contribution < -0.4 is 5.73 Å². The third kappa shape index (κ3) is 1.93. The van der Waals surface area contributed by atoms with E-state index in [1.165, 1.54) is 12.3 Å². The van der Waals surface area contributed by atoms with Gasteiger partial charge in [-0.2, -0.15) is 8.42 Å². The zero-order chi connectivity index (χ0) is 9.35. The molecule has 0 unspecified atom stereocenters. The summed E-state index contributed by atoms with van der Waals surface area (Å²) in [6, 6.07) is 1.18. The molecule has 0 amide bonds. The summed E-state index contributed by atoms with van der Waals surface area (Å²) in [4.78, 5) is 3.15. The van der Waals surface area contributed by atoms with Crippen molar-refractivity contribution >= 4 is 31.9 Å². The maximum Gasteiger partial charge on any atom is 0.298 e. The van der Waals surface area contributed by atoms with Crippen molar-refractivity contribution in [3.05, 3.63) is 16.7 Å². The summed E-state index contributed by atoms with van der Waals surface area (Å²) in [5, 5.41) is 0. The Kier molecular flexibility index (Phi) is 2.36. The zero-order valence-corrected chi connectivity index (χ0v) is 8.13. The Morgan fingerprint density at radius 2 is 2.17 bits per heavy atom. The highest BCUT2D eigenvalue weighted by Gasteiger charge is 2.14. The normalized spacial score (nSPS) is 11.5. The van der Waals surface area contributed by atoms with E-state index >= 15 is 0 Å². The van der Waals surface area contributed by atoms with Crippen LogP contribution in [0.25, 0.3) is 0 Å². The molecule has 0 saturated carbocycles. The molecule has 0 saturated heterocycles. The first-order valence-corrected chi connectivity index (χ1v) is 5.03. The van der Waals surface area contributed by atoms with Crippen molar-refractivity contribution in [2.45, 2.75) is 4.90 Å². The second kappa shape index (κ2) is 3.00. The monoisotopic (exact) mass is 252 g/mol. The van der Waals surface area contributed by atoms with Crippen LogP contribution >= 0.6 is 15.9 Å². The molecule has 0 aromatic carbocycles. The van der Waals surface area contributed by atoms with Gasteiger partial charge in [0.2, 0.25) is 0 Å². The van der Waals surface area contributed by atoms with Crippen LogP contribution in [0.1, 0.15) is 0 Å². The lowest BCUT2D eigenvalue weighted by Crippen LogP contribution is -2.04. The number of anilines is 1. The Labute approximate surface area is 77.5 Å². The van der Waals surface area contributed by atoms with Crippen molar-refractivity contribution in [3.8, 4) is 0 Å². The van der Waals surface area contributed by atoms with Crippen LogP contribution in [-0.2, 0) is 10.1 Å². The van der Waals surface area contributed by atoms with Gasteiger partial charge in [0.1, 0.15) is 10.7 Å². The molecule has 1 heterocycles.